The summed E-state index contributed by atoms with van der Waals surface area (Å²) in [5, 5.41) is 45.4. The number of aromatic nitrogens is 10. The average Bonchev–Trinajstić information content (AvgIpc) is 1.30. The number of carboxylic acids is 1. The van der Waals surface area contributed by atoms with E-state index < -0.39 is 41.1 Å². The third kappa shape index (κ3) is 28.9. The SMILES string of the molecule is CC(C)(C)OC(=O)NCc1cc(=O)c2ccc(Br)cc2o1.CC(C)(C)OC(=O)NCc1cc(=O)c2ccc(Nc3cnn(-c4ccccc4)c3)cc2o1.CC(C)(C)OC(=O)Nc1cnn(-c2ccccc2)c1.Cl.Cl.NCc1cc(=O)c2ccc(Nc3cnn(-c4ccccc4)c3)cc2o1.Nc1cnn(-c2ccccc2)c1.O=C(O)c1cnn(-c2ccccc2)c1. The third-order valence-electron chi connectivity index (χ3n) is 16.6. The Bertz CT molecular complexity index is 6440. The molecule has 31 nitrogen and oxygen atoms in total. The Hall–Kier alpha value is -14.9. The van der Waals surface area contributed by atoms with E-state index in [0.717, 1.165) is 55.7 Å². The first-order valence-corrected chi connectivity index (χ1v) is 39.1. The molecule has 34 heteroatoms. The van der Waals surface area contributed by atoms with Crippen molar-refractivity contribution in [2.24, 2.45) is 5.73 Å². The molecule has 0 aliphatic heterocycles. The molecule has 16 rings (SSSR count). The minimum atomic E-state index is -0.966. The molecule has 0 radical (unpaired) electrons. The molecule has 0 spiro atoms. The average molecular weight is 1800 g/mol. The Kier molecular flexibility index (Phi) is 32.8. The van der Waals surface area contributed by atoms with Crippen LogP contribution in [0.1, 0.15) is 90.0 Å². The summed E-state index contributed by atoms with van der Waals surface area (Å²) >= 11 is 3.32. The topological polar surface area (TPSA) is 408 Å². The zero-order chi connectivity index (χ0) is 87.8. The molecule has 8 aromatic carbocycles. The number of nitrogens with one attached hydrogen (secondary N) is 5. The highest BCUT2D eigenvalue weighted by Gasteiger charge is 2.21. The van der Waals surface area contributed by atoms with Crippen LogP contribution in [-0.4, -0.2) is 95.1 Å². The lowest BCUT2D eigenvalue weighted by Gasteiger charge is -2.19. The quantitative estimate of drug-likeness (QED) is 0.0416. The summed E-state index contributed by atoms with van der Waals surface area (Å²) in [6, 6.07) is 68.5. The maximum absolute atomic E-state index is 12.5. The number of carbonyl (C=O) groups is 4. The second kappa shape index (κ2) is 43.6. The van der Waals surface area contributed by atoms with Crippen molar-refractivity contribution in [2.75, 3.05) is 21.7 Å². The van der Waals surface area contributed by atoms with Crippen LogP contribution < -0.4 is 54.3 Å². The zero-order valence-corrected chi connectivity index (χ0v) is 72.6. The van der Waals surface area contributed by atoms with Crippen molar-refractivity contribution in [3.63, 3.8) is 0 Å². The van der Waals surface area contributed by atoms with Crippen molar-refractivity contribution < 1.29 is 51.7 Å². The Morgan fingerprint density at radius 1 is 0.392 bits per heavy atom. The summed E-state index contributed by atoms with van der Waals surface area (Å²) in [7, 11) is 0. The first-order chi connectivity index (χ1) is 58.8. The number of halogens is 3. The van der Waals surface area contributed by atoms with E-state index in [4.69, 9.17) is 44.0 Å². The number of nitrogens with two attached hydrogens (primary N) is 2. The number of carbonyl (C=O) groups excluding carboxylic acids is 3. The van der Waals surface area contributed by atoms with Gasteiger partial charge in [-0.2, -0.15) is 25.5 Å². The van der Waals surface area contributed by atoms with Crippen LogP contribution in [0.3, 0.4) is 0 Å². The molecule has 0 unspecified atom stereocenters. The lowest BCUT2D eigenvalue weighted by Crippen LogP contribution is -2.32. The first-order valence-electron chi connectivity index (χ1n) is 38.3. The van der Waals surface area contributed by atoms with Gasteiger partial charge in [0.25, 0.3) is 0 Å². The minimum Gasteiger partial charge on any atom is -0.478 e. The molecule has 8 heterocycles. The first kappa shape index (κ1) is 94.0. The number of nitrogens with zero attached hydrogens (tertiary/aromatic N) is 10. The largest absolute Gasteiger partial charge is 0.478 e. The predicted molar refractivity (Wildman–Crippen MR) is 489 cm³/mol. The van der Waals surface area contributed by atoms with Gasteiger partial charge in [-0.1, -0.05) is 107 Å². The lowest BCUT2D eigenvalue weighted by molar-refractivity contribution is 0.0509. The van der Waals surface area contributed by atoms with Crippen LogP contribution in [0.25, 0.3) is 61.3 Å². The molecule has 0 saturated heterocycles. The van der Waals surface area contributed by atoms with Gasteiger partial charge < -0.3 is 65.3 Å². The number of para-hydroxylation sites is 5. The smallest absolute Gasteiger partial charge is 0.412 e. The Morgan fingerprint density at radius 2 is 0.712 bits per heavy atom. The van der Waals surface area contributed by atoms with Gasteiger partial charge in [-0.3, -0.25) is 19.7 Å². The second-order valence-corrected chi connectivity index (χ2v) is 30.9. The lowest BCUT2D eigenvalue weighted by atomic mass is 10.2. The molecular weight excluding hydrogens is 1710 g/mol. The van der Waals surface area contributed by atoms with Crippen LogP contribution in [-0.2, 0) is 33.8 Å². The monoisotopic (exact) mass is 1800 g/mol. The molecule has 10 N–H and O–H groups in total. The highest BCUT2D eigenvalue weighted by atomic mass is 79.9. The number of ether oxygens (including phenoxy) is 3. The van der Waals surface area contributed by atoms with Crippen molar-refractivity contribution in [2.45, 2.75) is 98.8 Å². The number of hydrogen-bond donors (Lipinski definition) is 8. The van der Waals surface area contributed by atoms with E-state index in [1.54, 1.807) is 146 Å². The van der Waals surface area contributed by atoms with Crippen molar-refractivity contribution in [1.82, 2.24) is 59.5 Å². The van der Waals surface area contributed by atoms with Crippen LogP contribution >= 0.6 is 40.7 Å². The number of aromatic carboxylic acids is 1. The minimum absolute atomic E-state index is 0. The number of carboxylic acid groups (broad SMARTS) is 1. The fraction of sp³-hybridized carbons (Fsp3) is 0.165. The molecule has 16 aromatic rings. The van der Waals surface area contributed by atoms with Gasteiger partial charge in [-0.25, -0.2) is 42.6 Å². The maximum Gasteiger partial charge on any atom is 0.412 e. The van der Waals surface area contributed by atoms with E-state index in [1.807, 2.05) is 191 Å². The number of rotatable bonds is 16. The number of fused-ring (bicyclic) bond motifs is 3. The number of alkyl carbamates (subject to hydrolysis) is 2. The fourth-order valence-corrected chi connectivity index (χ4v) is 11.6. The van der Waals surface area contributed by atoms with Gasteiger partial charge in [0.15, 0.2) is 16.3 Å². The Balaban J connectivity index is 0.000000174. The number of anilines is 6. The van der Waals surface area contributed by atoms with Gasteiger partial charge in [-0.05, 0) is 165 Å². The summed E-state index contributed by atoms with van der Waals surface area (Å²) in [5.74, 6) is 0.206. The molecule has 125 heavy (non-hydrogen) atoms. The maximum atomic E-state index is 12.5. The molecular formula is C91H92BrCl2N17O14. The van der Waals surface area contributed by atoms with Crippen LogP contribution in [0.15, 0.2) is 319 Å². The second-order valence-electron chi connectivity index (χ2n) is 30.0. The van der Waals surface area contributed by atoms with Crippen LogP contribution in [0.4, 0.5) is 48.5 Å². The van der Waals surface area contributed by atoms with E-state index in [2.05, 4.69) is 68.0 Å². The van der Waals surface area contributed by atoms with E-state index in [1.165, 1.54) is 35.3 Å². The van der Waals surface area contributed by atoms with E-state index in [9.17, 15) is 33.6 Å². The molecule has 3 amide bonds. The fourth-order valence-electron chi connectivity index (χ4n) is 11.3. The molecule has 0 saturated carbocycles. The predicted octanol–water partition coefficient (Wildman–Crippen LogP) is 18.6. The van der Waals surface area contributed by atoms with Gasteiger partial charge in [0.1, 0.15) is 50.8 Å². The number of nitrogen functional groups attached to an aromatic ring is 1. The number of benzene rings is 8. The normalized spacial score (nSPS) is 10.8. The van der Waals surface area contributed by atoms with Crippen LogP contribution in [0, 0.1) is 0 Å². The van der Waals surface area contributed by atoms with Crippen LogP contribution in [0.5, 0.6) is 0 Å². The summed E-state index contributed by atoms with van der Waals surface area (Å²) in [6.07, 6.45) is 15.2. The van der Waals surface area contributed by atoms with Crippen molar-refractivity contribution in [1.29, 1.82) is 0 Å². The molecule has 0 aliphatic rings. The summed E-state index contributed by atoms with van der Waals surface area (Å²) in [4.78, 5) is 82.1. The molecule has 0 bridgehead atoms. The standard InChI is InChI=1S/C24H24N4O4.C19H16N4O2.C15H16BrNO4.C14H17N3O2.C10H8N2O2.C9H9N3.2ClH/c1-24(2,3)32-23(30)25-14-19-12-21(29)20-10-9-16(11-22(20)31-19)27-17-13-26-28(15-17)18-7-5-4-6-8-18;20-10-16-9-18(24)17-7-6-13(8-19(17)25-16)22-14-11-21-23(12-14)15-4-2-1-3-5-15;1-15(2,3)21-14(19)17-8-10-7-12(18)11-5-4-9(16)6-13(11)20-10;1-14(2,3)19-13(18)16-11-9-15-17(10-11)12-7-5-4-6-8-12;13-10(14)8-6-11-12(7-8)9-4-2-1-3-5-9;10-8-6-11-12(7-8)9-4-2-1-3-5-9;;/h4-13,15,27H,14H2,1-3H3,(H,25,30);1-9,11-12,22H,10,20H2;4-7H,8H2,1-3H3,(H,17,19);4-10H,1-3H3,(H,16,18);1-7H,(H,13,14);1-7H,10H2;2*1H. The van der Waals surface area contributed by atoms with Gasteiger partial charge in [-0.15, -0.1) is 24.8 Å². The zero-order valence-electron chi connectivity index (χ0n) is 69.3. The van der Waals surface area contributed by atoms with Gasteiger partial charge in [0.05, 0.1) is 148 Å². The highest BCUT2D eigenvalue weighted by molar-refractivity contribution is 9.10. The van der Waals surface area contributed by atoms with Gasteiger partial charge in [0, 0.05) is 52.4 Å². The van der Waals surface area contributed by atoms with Gasteiger partial charge in [0.2, 0.25) is 0 Å². The number of hydrogen-bond acceptors (Lipinski definition) is 22. The molecule has 646 valence electrons. The highest BCUT2D eigenvalue weighted by Crippen LogP contribution is 2.27. The van der Waals surface area contributed by atoms with E-state index in [0.29, 0.717) is 61.6 Å². The van der Waals surface area contributed by atoms with Crippen molar-refractivity contribution in [3.05, 3.63) is 344 Å². The van der Waals surface area contributed by atoms with E-state index >= 15 is 0 Å². The van der Waals surface area contributed by atoms with Crippen molar-refractivity contribution in [3.8, 4) is 28.4 Å². The molecule has 0 aliphatic carbocycles. The summed E-state index contributed by atoms with van der Waals surface area (Å²) in [6.45, 7) is 16.4. The molecule has 0 fully saturated rings. The molecule has 8 aromatic heterocycles. The molecule has 0 atom stereocenters. The van der Waals surface area contributed by atoms with Crippen molar-refractivity contribution >= 4 is 132 Å². The van der Waals surface area contributed by atoms with E-state index in [-0.39, 0.29) is 66.3 Å². The Morgan fingerprint density at radius 3 is 1.07 bits per heavy atom. The Labute approximate surface area is 737 Å². The third-order valence-corrected chi connectivity index (χ3v) is 17.1. The summed E-state index contributed by atoms with van der Waals surface area (Å²) in [5.41, 5.74) is 19.7. The van der Waals surface area contributed by atoms with Crippen LogP contribution in [0.2, 0.25) is 0 Å². The summed E-state index contributed by atoms with van der Waals surface area (Å²) < 4.78 is 41.9. The number of amides is 3. The van der Waals surface area contributed by atoms with Gasteiger partial charge >= 0.3 is 24.2 Å².